The molecule has 1 unspecified atom stereocenters. The molecule has 0 saturated heterocycles. The minimum absolute atomic E-state index is 0.0125. The molecule has 0 bridgehead atoms. The van der Waals surface area contributed by atoms with Crippen LogP contribution in [0.15, 0.2) is 6.07 Å². The lowest BCUT2D eigenvalue weighted by Gasteiger charge is -2.11. The monoisotopic (exact) mass is 195 g/mol. The predicted octanol–water partition coefficient (Wildman–Crippen LogP) is 1.14. The minimum Gasteiger partial charge on any atom is -0.394 e. The Bertz CT molecular complexity index is 301. The fourth-order valence-corrected chi connectivity index (χ4v) is 1.15. The van der Waals surface area contributed by atoms with Crippen molar-refractivity contribution >= 4 is 5.95 Å². The highest BCUT2D eigenvalue weighted by Crippen LogP contribution is 2.06. The van der Waals surface area contributed by atoms with Crippen LogP contribution in [0.2, 0.25) is 0 Å². The van der Waals surface area contributed by atoms with E-state index in [0.29, 0.717) is 5.95 Å². The molecule has 4 nitrogen and oxygen atoms in total. The number of hydrogen-bond acceptors (Lipinski definition) is 4. The number of aliphatic hydroxyl groups is 1. The summed E-state index contributed by atoms with van der Waals surface area (Å²) >= 11 is 0. The highest BCUT2D eigenvalue weighted by atomic mass is 16.3. The van der Waals surface area contributed by atoms with Crippen LogP contribution in [0.25, 0.3) is 0 Å². The number of aryl methyl sites for hydroxylation is 2. The van der Waals surface area contributed by atoms with Gasteiger partial charge in [-0.15, -0.1) is 0 Å². The fourth-order valence-electron chi connectivity index (χ4n) is 1.15. The second-order valence-electron chi connectivity index (χ2n) is 3.41. The lowest BCUT2D eigenvalue weighted by molar-refractivity contribution is 0.281. The van der Waals surface area contributed by atoms with Crippen molar-refractivity contribution in [1.82, 2.24) is 9.97 Å². The minimum atomic E-state index is -0.0125. The van der Waals surface area contributed by atoms with E-state index in [2.05, 4.69) is 22.2 Å². The molecule has 1 heterocycles. The molecular weight excluding hydrogens is 178 g/mol. The van der Waals surface area contributed by atoms with Gasteiger partial charge in [-0.1, -0.05) is 6.92 Å². The Hall–Kier alpha value is -1.16. The molecule has 1 aromatic rings. The topological polar surface area (TPSA) is 58.0 Å². The first-order valence-corrected chi connectivity index (χ1v) is 4.87. The molecule has 78 valence electrons. The molecule has 1 rings (SSSR count). The number of anilines is 1. The highest BCUT2D eigenvalue weighted by Gasteiger charge is 2.04. The molecule has 2 N–H and O–H groups in total. The molecule has 0 spiro atoms. The SMILES string of the molecule is CCc1cc(C)nc(NC(C)CO)n1. The fraction of sp³-hybridized carbons (Fsp3) is 0.600. The van der Waals surface area contributed by atoms with E-state index in [0.717, 1.165) is 17.8 Å². The second-order valence-corrected chi connectivity index (χ2v) is 3.41. The van der Waals surface area contributed by atoms with Crippen LogP contribution in [0.5, 0.6) is 0 Å². The van der Waals surface area contributed by atoms with Crippen LogP contribution in [-0.4, -0.2) is 27.7 Å². The summed E-state index contributed by atoms with van der Waals surface area (Å²) in [5, 5.41) is 11.9. The number of rotatable bonds is 4. The third-order valence-corrected chi connectivity index (χ3v) is 1.92. The zero-order chi connectivity index (χ0) is 10.6. The van der Waals surface area contributed by atoms with Gasteiger partial charge in [0.2, 0.25) is 5.95 Å². The summed E-state index contributed by atoms with van der Waals surface area (Å²) in [4.78, 5) is 8.54. The predicted molar refractivity (Wildman–Crippen MR) is 56.3 cm³/mol. The first kappa shape index (κ1) is 10.9. The summed E-state index contributed by atoms with van der Waals surface area (Å²) in [6.45, 7) is 5.97. The van der Waals surface area contributed by atoms with Crippen LogP contribution >= 0.6 is 0 Å². The van der Waals surface area contributed by atoms with Gasteiger partial charge in [0.05, 0.1) is 6.61 Å². The van der Waals surface area contributed by atoms with Gasteiger partial charge in [-0.05, 0) is 26.3 Å². The molecule has 14 heavy (non-hydrogen) atoms. The van der Waals surface area contributed by atoms with Crippen LogP contribution < -0.4 is 5.32 Å². The summed E-state index contributed by atoms with van der Waals surface area (Å²) < 4.78 is 0. The van der Waals surface area contributed by atoms with Gasteiger partial charge in [-0.2, -0.15) is 0 Å². The molecular formula is C10H17N3O. The molecule has 0 amide bonds. The van der Waals surface area contributed by atoms with Crippen LogP contribution in [0, 0.1) is 6.92 Å². The van der Waals surface area contributed by atoms with E-state index in [4.69, 9.17) is 5.11 Å². The largest absolute Gasteiger partial charge is 0.394 e. The molecule has 0 radical (unpaired) electrons. The molecule has 0 aliphatic rings. The summed E-state index contributed by atoms with van der Waals surface area (Å²) in [7, 11) is 0. The smallest absolute Gasteiger partial charge is 0.223 e. The van der Waals surface area contributed by atoms with Crippen molar-refractivity contribution in [2.24, 2.45) is 0 Å². The Kier molecular flexibility index (Phi) is 3.83. The molecule has 1 atom stereocenters. The summed E-state index contributed by atoms with van der Waals surface area (Å²) in [5.74, 6) is 0.600. The molecule has 0 aliphatic carbocycles. The maximum Gasteiger partial charge on any atom is 0.223 e. The van der Waals surface area contributed by atoms with Crippen molar-refractivity contribution in [3.63, 3.8) is 0 Å². The van der Waals surface area contributed by atoms with Crippen LogP contribution in [0.3, 0.4) is 0 Å². The number of aromatic nitrogens is 2. The summed E-state index contributed by atoms with van der Waals surface area (Å²) in [5.41, 5.74) is 1.97. The lowest BCUT2D eigenvalue weighted by Crippen LogP contribution is -2.21. The van der Waals surface area contributed by atoms with Crippen molar-refractivity contribution in [1.29, 1.82) is 0 Å². The Morgan fingerprint density at radius 1 is 1.50 bits per heavy atom. The zero-order valence-electron chi connectivity index (χ0n) is 8.91. The Balaban J connectivity index is 2.81. The van der Waals surface area contributed by atoms with E-state index in [1.165, 1.54) is 0 Å². The maximum absolute atomic E-state index is 8.87. The first-order valence-electron chi connectivity index (χ1n) is 4.87. The zero-order valence-corrected chi connectivity index (χ0v) is 8.91. The van der Waals surface area contributed by atoms with Gasteiger partial charge in [0.25, 0.3) is 0 Å². The van der Waals surface area contributed by atoms with Gasteiger partial charge in [0, 0.05) is 17.4 Å². The Labute approximate surface area is 84.4 Å². The van der Waals surface area contributed by atoms with E-state index in [9.17, 15) is 0 Å². The van der Waals surface area contributed by atoms with Gasteiger partial charge >= 0.3 is 0 Å². The average molecular weight is 195 g/mol. The highest BCUT2D eigenvalue weighted by molar-refractivity contribution is 5.29. The number of nitrogens with zero attached hydrogens (tertiary/aromatic N) is 2. The van der Waals surface area contributed by atoms with Gasteiger partial charge in [0.15, 0.2) is 0 Å². The molecule has 0 fully saturated rings. The van der Waals surface area contributed by atoms with Crippen LogP contribution in [-0.2, 0) is 6.42 Å². The number of hydrogen-bond donors (Lipinski definition) is 2. The van der Waals surface area contributed by atoms with Gasteiger partial charge in [-0.25, -0.2) is 9.97 Å². The van der Waals surface area contributed by atoms with Crippen molar-refractivity contribution in [3.8, 4) is 0 Å². The number of nitrogens with one attached hydrogen (secondary N) is 1. The van der Waals surface area contributed by atoms with Crippen molar-refractivity contribution in [2.45, 2.75) is 33.2 Å². The first-order chi connectivity index (χ1) is 6.65. The third-order valence-electron chi connectivity index (χ3n) is 1.92. The van der Waals surface area contributed by atoms with Gasteiger partial charge in [0.1, 0.15) is 0 Å². The van der Waals surface area contributed by atoms with Gasteiger partial charge < -0.3 is 10.4 Å². The average Bonchev–Trinajstić information content (AvgIpc) is 2.16. The van der Waals surface area contributed by atoms with E-state index in [1.807, 2.05) is 19.9 Å². The van der Waals surface area contributed by atoms with Crippen LogP contribution in [0.1, 0.15) is 25.2 Å². The Morgan fingerprint density at radius 3 is 2.79 bits per heavy atom. The molecule has 4 heteroatoms. The third kappa shape index (κ3) is 2.96. The summed E-state index contributed by atoms with van der Waals surface area (Å²) in [6, 6.07) is 1.95. The molecule has 0 aromatic carbocycles. The Morgan fingerprint density at radius 2 is 2.21 bits per heavy atom. The standard InChI is InChI=1S/C10H17N3O/c1-4-9-5-7(2)11-10(13-9)12-8(3)6-14/h5,8,14H,4,6H2,1-3H3,(H,11,12,13). The van der Waals surface area contributed by atoms with E-state index in [1.54, 1.807) is 0 Å². The molecule has 0 aliphatic heterocycles. The van der Waals surface area contributed by atoms with Crippen molar-refractivity contribution in [2.75, 3.05) is 11.9 Å². The normalized spacial score (nSPS) is 12.6. The van der Waals surface area contributed by atoms with E-state index >= 15 is 0 Å². The molecule has 0 saturated carbocycles. The van der Waals surface area contributed by atoms with Crippen molar-refractivity contribution in [3.05, 3.63) is 17.5 Å². The lowest BCUT2D eigenvalue weighted by atomic mass is 10.3. The maximum atomic E-state index is 8.87. The van der Waals surface area contributed by atoms with Crippen LogP contribution in [0.4, 0.5) is 5.95 Å². The number of aliphatic hydroxyl groups excluding tert-OH is 1. The van der Waals surface area contributed by atoms with Gasteiger partial charge in [-0.3, -0.25) is 0 Å². The second kappa shape index (κ2) is 4.91. The quantitative estimate of drug-likeness (QED) is 0.756. The van der Waals surface area contributed by atoms with E-state index < -0.39 is 0 Å². The molecule has 1 aromatic heterocycles. The summed E-state index contributed by atoms with van der Waals surface area (Å²) in [6.07, 6.45) is 0.894. The van der Waals surface area contributed by atoms with Crippen molar-refractivity contribution < 1.29 is 5.11 Å². The van der Waals surface area contributed by atoms with E-state index in [-0.39, 0.29) is 12.6 Å².